The van der Waals surface area contributed by atoms with Crippen LogP contribution in [0.5, 0.6) is 5.75 Å². The van der Waals surface area contributed by atoms with Gasteiger partial charge in [-0.1, -0.05) is 23.4 Å². The maximum atomic E-state index is 6.06. The second kappa shape index (κ2) is 4.03. The predicted octanol–water partition coefficient (Wildman–Crippen LogP) is 2.01. The van der Waals surface area contributed by atoms with Gasteiger partial charge in [0.25, 0.3) is 0 Å². The second-order valence-electron chi connectivity index (χ2n) is 3.88. The summed E-state index contributed by atoms with van der Waals surface area (Å²) in [6.45, 7) is 0. The number of para-hydroxylation sites is 2. The average molecular weight is 240 g/mol. The van der Waals surface area contributed by atoms with Crippen LogP contribution in [0.15, 0.2) is 42.5 Å². The third kappa shape index (κ3) is 1.48. The molecule has 2 N–H and O–H groups in total. The highest BCUT2D eigenvalue weighted by atomic mass is 16.5. The van der Waals surface area contributed by atoms with Crippen molar-refractivity contribution in [2.75, 3.05) is 12.8 Å². The number of methoxy groups -OCH3 is 1. The van der Waals surface area contributed by atoms with Gasteiger partial charge in [-0.15, -0.1) is 5.10 Å². The molecule has 5 heteroatoms. The topological polar surface area (TPSA) is 66.0 Å². The molecule has 5 nitrogen and oxygen atoms in total. The van der Waals surface area contributed by atoms with Crippen molar-refractivity contribution >= 4 is 16.7 Å². The van der Waals surface area contributed by atoms with Gasteiger partial charge in [0, 0.05) is 0 Å². The maximum absolute atomic E-state index is 6.06. The maximum Gasteiger partial charge on any atom is 0.143 e. The number of rotatable bonds is 2. The molecule has 0 bridgehead atoms. The molecule has 0 saturated carbocycles. The molecular weight excluding hydrogens is 228 g/mol. The van der Waals surface area contributed by atoms with Crippen LogP contribution in [0.1, 0.15) is 0 Å². The Balaban J connectivity index is 2.26. The first-order valence-electron chi connectivity index (χ1n) is 5.54. The lowest BCUT2D eigenvalue weighted by atomic mass is 10.2. The Morgan fingerprint density at radius 1 is 1.11 bits per heavy atom. The van der Waals surface area contributed by atoms with Crippen molar-refractivity contribution < 1.29 is 4.74 Å². The number of aromatic nitrogens is 3. The number of hydrogen-bond acceptors (Lipinski definition) is 4. The van der Waals surface area contributed by atoms with Gasteiger partial charge in [0.15, 0.2) is 0 Å². The Hall–Kier alpha value is -2.56. The number of fused-ring (bicyclic) bond motifs is 1. The van der Waals surface area contributed by atoms with Crippen molar-refractivity contribution in [1.82, 2.24) is 15.0 Å². The summed E-state index contributed by atoms with van der Waals surface area (Å²) in [5.41, 5.74) is 9.13. The zero-order valence-corrected chi connectivity index (χ0v) is 9.87. The summed E-state index contributed by atoms with van der Waals surface area (Å²) >= 11 is 0. The smallest absolute Gasteiger partial charge is 0.143 e. The summed E-state index contributed by atoms with van der Waals surface area (Å²) in [7, 11) is 1.59. The number of hydrogen-bond donors (Lipinski definition) is 1. The van der Waals surface area contributed by atoms with Crippen molar-refractivity contribution in [2.24, 2.45) is 0 Å². The van der Waals surface area contributed by atoms with E-state index in [4.69, 9.17) is 10.5 Å². The van der Waals surface area contributed by atoms with E-state index in [-0.39, 0.29) is 0 Å². The summed E-state index contributed by atoms with van der Waals surface area (Å²) in [6, 6.07) is 13.3. The van der Waals surface area contributed by atoms with Gasteiger partial charge in [0.05, 0.1) is 18.3 Å². The van der Waals surface area contributed by atoms with Crippen LogP contribution in [-0.4, -0.2) is 22.1 Å². The molecule has 18 heavy (non-hydrogen) atoms. The van der Waals surface area contributed by atoms with Gasteiger partial charge >= 0.3 is 0 Å². The van der Waals surface area contributed by atoms with E-state index in [1.165, 1.54) is 0 Å². The zero-order chi connectivity index (χ0) is 12.5. The average Bonchev–Trinajstić information content (AvgIpc) is 2.83. The molecule has 0 atom stereocenters. The highest BCUT2D eigenvalue weighted by Gasteiger charge is 2.11. The van der Waals surface area contributed by atoms with Crippen LogP contribution in [0.25, 0.3) is 16.7 Å². The first kappa shape index (κ1) is 10.6. The number of ether oxygens (including phenoxy) is 1. The predicted molar refractivity (Wildman–Crippen MR) is 69.8 cm³/mol. The summed E-state index contributed by atoms with van der Waals surface area (Å²) in [6.07, 6.45) is 0. The quantitative estimate of drug-likeness (QED) is 0.696. The van der Waals surface area contributed by atoms with Gasteiger partial charge in [-0.25, -0.2) is 4.68 Å². The molecule has 0 aliphatic carbocycles. The number of nitrogen functional groups attached to an aromatic ring is 1. The Labute approximate surface area is 104 Å². The van der Waals surface area contributed by atoms with E-state index < -0.39 is 0 Å². The van der Waals surface area contributed by atoms with Crippen LogP contribution >= 0.6 is 0 Å². The van der Waals surface area contributed by atoms with Gasteiger partial charge in [-0.3, -0.25) is 0 Å². The molecular formula is C13H12N4O. The minimum atomic E-state index is 0.552. The molecule has 1 heterocycles. The van der Waals surface area contributed by atoms with E-state index in [9.17, 15) is 0 Å². The summed E-state index contributed by atoms with van der Waals surface area (Å²) < 4.78 is 6.92. The second-order valence-corrected chi connectivity index (χ2v) is 3.88. The van der Waals surface area contributed by atoms with Crippen LogP contribution in [0, 0.1) is 0 Å². The molecule has 0 aliphatic rings. The van der Waals surface area contributed by atoms with E-state index in [1.807, 2.05) is 42.5 Å². The Kier molecular flexibility index (Phi) is 2.37. The Morgan fingerprint density at radius 2 is 1.94 bits per heavy atom. The van der Waals surface area contributed by atoms with Crippen molar-refractivity contribution in [3.05, 3.63) is 42.5 Å². The summed E-state index contributed by atoms with van der Waals surface area (Å²) in [4.78, 5) is 0. The molecule has 1 aromatic heterocycles. The largest absolute Gasteiger partial charge is 0.495 e. The fourth-order valence-electron chi connectivity index (χ4n) is 1.94. The van der Waals surface area contributed by atoms with Gasteiger partial charge in [-0.05, 0) is 24.3 Å². The van der Waals surface area contributed by atoms with Crippen LogP contribution in [0.2, 0.25) is 0 Å². The third-order valence-corrected chi connectivity index (χ3v) is 2.84. The Bertz CT molecular complexity index is 705. The molecule has 2 aromatic carbocycles. The van der Waals surface area contributed by atoms with Crippen molar-refractivity contribution in [3.8, 4) is 11.4 Å². The SMILES string of the molecule is COc1cccc(-n2nnc3ccccc32)c1N. The first-order valence-corrected chi connectivity index (χ1v) is 5.54. The molecule has 90 valence electrons. The number of anilines is 1. The molecule has 0 aliphatic heterocycles. The van der Waals surface area contributed by atoms with Crippen LogP contribution in [-0.2, 0) is 0 Å². The highest BCUT2D eigenvalue weighted by molar-refractivity contribution is 5.78. The van der Waals surface area contributed by atoms with E-state index in [2.05, 4.69) is 10.3 Å². The van der Waals surface area contributed by atoms with Gasteiger partial charge in [0.2, 0.25) is 0 Å². The van der Waals surface area contributed by atoms with Crippen LogP contribution < -0.4 is 10.5 Å². The third-order valence-electron chi connectivity index (χ3n) is 2.84. The highest BCUT2D eigenvalue weighted by Crippen LogP contribution is 2.28. The van der Waals surface area contributed by atoms with Gasteiger partial charge in [-0.2, -0.15) is 0 Å². The van der Waals surface area contributed by atoms with Crippen LogP contribution in [0.4, 0.5) is 5.69 Å². The fourth-order valence-corrected chi connectivity index (χ4v) is 1.94. The number of benzene rings is 2. The Morgan fingerprint density at radius 3 is 2.78 bits per heavy atom. The minimum Gasteiger partial charge on any atom is -0.495 e. The summed E-state index contributed by atoms with van der Waals surface area (Å²) in [5.74, 6) is 0.632. The monoisotopic (exact) mass is 240 g/mol. The van der Waals surface area contributed by atoms with Crippen molar-refractivity contribution in [3.63, 3.8) is 0 Å². The molecule has 0 spiro atoms. The molecule has 3 rings (SSSR count). The zero-order valence-electron chi connectivity index (χ0n) is 9.87. The molecule has 0 radical (unpaired) electrons. The molecule has 0 unspecified atom stereocenters. The molecule has 3 aromatic rings. The number of nitrogens with two attached hydrogens (primary N) is 1. The first-order chi connectivity index (χ1) is 8.81. The normalized spacial score (nSPS) is 10.7. The molecule has 0 saturated heterocycles. The lowest BCUT2D eigenvalue weighted by molar-refractivity contribution is 0.416. The van der Waals surface area contributed by atoms with Crippen molar-refractivity contribution in [1.29, 1.82) is 0 Å². The van der Waals surface area contributed by atoms with E-state index in [0.29, 0.717) is 11.4 Å². The van der Waals surface area contributed by atoms with E-state index in [1.54, 1.807) is 11.8 Å². The molecule has 0 amide bonds. The van der Waals surface area contributed by atoms with E-state index in [0.717, 1.165) is 16.7 Å². The van der Waals surface area contributed by atoms with Crippen LogP contribution in [0.3, 0.4) is 0 Å². The minimum absolute atomic E-state index is 0.552. The van der Waals surface area contributed by atoms with Gasteiger partial charge < -0.3 is 10.5 Å². The standard InChI is InChI=1S/C13H12N4O/c1-18-12-8-4-7-11(13(12)14)17-10-6-3-2-5-9(10)15-16-17/h2-8H,14H2,1H3. The lowest BCUT2D eigenvalue weighted by Gasteiger charge is -2.09. The lowest BCUT2D eigenvalue weighted by Crippen LogP contribution is -2.03. The number of nitrogens with zero attached hydrogens (tertiary/aromatic N) is 3. The van der Waals surface area contributed by atoms with Gasteiger partial charge in [0.1, 0.15) is 17.0 Å². The van der Waals surface area contributed by atoms with Crippen molar-refractivity contribution in [2.45, 2.75) is 0 Å². The summed E-state index contributed by atoms with van der Waals surface area (Å²) in [5, 5.41) is 8.24. The fraction of sp³-hybridized carbons (Fsp3) is 0.0769. The van der Waals surface area contributed by atoms with E-state index >= 15 is 0 Å². The molecule has 0 fully saturated rings.